The van der Waals surface area contributed by atoms with Crippen molar-refractivity contribution in [2.75, 3.05) is 85.5 Å². The van der Waals surface area contributed by atoms with Crippen molar-refractivity contribution in [3.8, 4) is 0 Å². The molecule has 17 nitrogen and oxygen atoms in total. The molecule has 3 unspecified atom stereocenters. The second-order valence-corrected chi connectivity index (χ2v) is 10.0. The van der Waals surface area contributed by atoms with Gasteiger partial charge in [-0.3, -0.25) is 9.80 Å². The summed E-state index contributed by atoms with van der Waals surface area (Å²) in [5.74, 6) is -6.18. The average molecular weight is 746 g/mol. The molecule has 3 atom stereocenters. The first-order chi connectivity index (χ1) is 19.6. The molecule has 0 bridgehead atoms. The Bertz CT molecular complexity index is 759. The molecule has 3 N–H and O–H groups in total. The third kappa shape index (κ3) is 37.8. The van der Waals surface area contributed by atoms with E-state index in [1.807, 2.05) is 0 Å². The molecule has 0 aromatic carbocycles. The molecule has 0 saturated heterocycles. The van der Waals surface area contributed by atoms with E-state index in [2.05, 4.69) is 14.1 Å². The van der Waals surface area contributed by atoms with Gasteiger partial charge in [-0.05, 0) is 13.0 Å². The predicted octanol–water partition coefficient (Wildman–Crippen LogP) is -26.0. The summed E-state index contributed by atoms with van der Waals surface area (Å²) in [6, 6.07) is 0. The van der Waals surface area contributed by atoms with Gasteiger partial charge in [-0.2, -0.15) is 0 Å². The minimum atomic E-state index is -1.55. The number of carbonyl (C=O) groups excluding carboxylic acids is 4. The van der Waals surface area contributed by atoms with Crippen LogP contribution in [0.15, 0.2) is 0 Å². The predicted molar refractivity (Wildman–Crippen MR) is 134 cm³/mol. The number of aliphatic hydroxyl groups is 3. The second kappa shape index (κ2) is 38.8. The van der Waals surface area contributed by atoms with Crippen LogP contribution in [0.3, 0.4) is 0 Å². The van der Waals surface area contributed by atoms with Crippen molar-refractivity contribution in [2.45, 2.75) is 31.7 Å². The standard InChI is InChI=1S/C25H45N3O14.6Na/c1-4-25(15-40-12-18(29)5-26(2)3,16-41-13-19(30)6-27(8-21(32)33)9-22(34)35)17-42-14-20(31)7-28(10-23(36)37)11-24(38)39;;;;;;/h18-20,29-31H,2-17H2,1H3,(H,32,33)(H,34,35)(H,36,37)(H,38,39);;;;;;/q-2;6*+1/p-4. The van der Waals surface area contributed by atoms with Gasteiger partial charge in [0.2, 0.25) is 0 Å². The quantitative estimate of drug-likeness (QED) is 0.0521. The van der Waals surface area contributed by atoms with E-state index in [9.17, 15) is 54.9 Å². The Labute approximate surface area is 415 Å². The maximum Gasteiger partial charge on any atom is 1.00 e. The van der Waals surface area contributed by atoms with E-state index in [-0.39, 0.29) is 237 Å². The molecule has 0 heterocycles. The van der Waals surface area contributed by atoms with E-state index in [1.54, 1.807) is 6.92 Å². The zero-order chi connectivity index (χ0) is 32.3. The Kier molecular flexibility index (Phi) is 53.6. The molecule has 0 aromatic heterocycles. The number of ether oxygens (including phenoxy) is 3. The first kappa shape index (κ1) is 66.3. The molecule has 0 saturated carbocycles. The van der Waals surface area contributed by atoms with Crippen molar-refractivity contribution in [3.63, 3.8) is 0 Å². The van der Waals surface area contributed by atoms with E-state index >= 15 is 0 Å². The van der Waals surface area contributed by atoms with Gasteiger partial charge in [-0.1, -0.05) is 6.92 Å². The first-order valence-electron chi connectivity index (χ1n) is 13.0. The first-order valence-corrected chi connectivity index (χ1v) is 13.0. The molecule has 0 amide bonds. The Morgan fingerprint density at radius 2 is 0.833 bits per heavy atom. The smallest absolute Gasteiger partial charge is 0.608 e. The van der Waals surface area contributed by atoms with E-state index in [4.69, 9.17) is 14.2 Å². The summed E-state index contributed by atoms with van der Waals surface area (Å²) in [6.07, 6.45) is -3.13. The monoisotopic (exact) mass is 745 g/mol. The van der Waals surface area contributed by atoms with Gasteiger partial charge < -0.3 is 88.1 Å². The number of aliphatic hydroxyl groups excluding tert-OH is 3. The van der Waals surface area contributed by atoms with Crippen molar-refractivity contribution in [1.82, 2.24) is 14.7 Å². The summed E-state index contributed by atoms with van der Waals surface area (Å²) in [5.41, 5.74) is -0.904. The molecule has 0 rings (SSSR count). The molecule has 0 spiro atoms. The van der Waals surface area contributed by atoms with E-state index < -0.39 is 73.8 Å². The van der Waals surface area contributed by atoms with Crippen LogP contribution in [0.5, 0.6) is 0 Å². The summed E-state index contributed by atoms with van der Waals surface area (Å²) in [5, 5.41) is 74.0. The van der Waals surface area contributed by atoms with Crippen LogP contribution in [0.1, 0.15) is 13.3 Å². The van der Waals surface area contributed by atoms with E-state index in [0.717, 1.165) is 9.80 Å². The van der Waals surface area contributed by atoms with Crippen LogP contribution in [0.2, 0.25) is 0 Å². The van der Waals surface area contributed by atoms with Gasteiger partial charge >= 0.3 is 177 Å². The number of carboxylic acid groups (broad SMARTS) is 4. The van der Waals surface area contributed by atoms with Crippen LogP contribution < -0.4 is 198 Å². The zero-order valence-electron chi connectivity index (χ0n) is 29.7. The number of aliphatic carboxylic acids is 4. The number of rotatable bonds is 27. The summed E-state index contributed by atoms with van der Waals surface area (Å²) in [4.78, 5) is 46.5. The number of hydrogen-bond donors (Lipinski definition) is 3. The van der Waals surface area contributed by atoms with Crippen molar-refractivity contribution in [2.24, 2.45) is 5.41 Å². The number of carbonyl (C=O) groups is 4. The molecule has 0 aromatic rings. The van der Waals surface area contributed by atoms with Crippen molar-refractivity contribution < 1.29 is 246 Å². The summed E-state index contributed by atoms with van der Waals surface area (Å²) in [7, 11) is 7.08. The topological polar surface area (TPSA) is 259 Å². The molecular weight excluding hydrogens is 704 g/mol. The Hall–Kier alpha value is 3.52. The van der Waals surface area contributed by atoms with Gasteiger partial charge in [0.15, 0.2) is 0 Å². The fourth-order valence-electron chi connectivity index (χ4n) is 3.82. The average Bonchev–Trinajstić information content (AvgIpc) is 2.81. The Balaban J connectivity index is -0.000000560. The molecule has 0 radical (unpaired) electrons. The summed E-state index contributed by atoms with van der Waals surface area (Å²) in [6.45, 7) is -2.82. The number of nitrogens with zero attached hydrogens (tertiary/aromatic N) is 3. The van der Waals surface area contributed by atoms with Crippen LogP contribution in [-0.2, 0) is 33.4 Å². The van der Waals surface area contributed by atoms with Crippen molar-refractivity contribution in [1.29, 1.82) is 0 Å². The molecule has 246 valence electrons. The summed E-state index contributed by atoms with van der Waals surface area (Å²) >= 11 is 0. The maximum absolute atomic E-state index is 10.9. The van der Waals surface area contributed by atoms with Gasteiger partial charge in [-0.25, -0.2) is 0 Å². The molecular formula is C25H41N3Na6O14. The molecule has 0 aliphatic carbocycles. The summed E-state index contributed by atoms with van der Waals surface area (Å²) < 4.78 is 16.9. The Morgan fingerprint density at radius 3 is 1.04 bits per heavy atom. The molecule has 0 aliphatic heterocycles. The van der Waals surface area contributed by atoms with Crippen LogP contribution >= 0.6 is 0 Å². The third-order valence-corrected chi connectivity index (χ3v) is 5.72. The van der Waals surface area contributed by atoms with Gasteiger partial charge in [0.05, 0.1) is 81.8 Å². The van der Waals surface area contributed by atoms with E-state index in [1.165, 1.54) is 4.90 Å². The number of hydrogen-bond acceptors (Lipinski definition) is 17. The second-order valence-electron chi connectivity index (χ2n) is 10.0. The van der Waals surface area contributed by atoms with Crippen LogP contribution in [0.25, 0.3) is 0 Å². The van der Waals surface area contributed by atoms with Gasteiger partial charge in [0.25, 0.3) is 0 Å². The number of carboxylic acids is 4. The minimum absolute atomic E-state index is 0. The van der Waals surface area contributed by atoms with Gasteiger partial charge in [0, 0.05) is 44.7 Å². The third-order valence-electron chi connectivity index (χ3n) is 5.72. The van der Waals surface area contributed by atoms with Crippen LogP contribution in [0, 0.1) is 19.5 Å². The van der Waals surface area contributed by atoms with E-state index in [0.29, 0.717) is 6.42 Å². The molecule has 0 aliphatic rings. The van der Waals surface area contributed by atoms with Crippen molar-refractivity contribution >= 4 is 23.9 Å². The largest absolute Gasteiger partial charge is 1.00 e. The maximum atomic E-state index is 10.9. The van der Waals surface area contributed by atoms with Crippen molar-refractivity contribution in [3.05, 3.63) is 14.1 Å². The minimum Gasteiger partial charge on any atom is -0.608 e. The SMILES string of the molecule is [CH2-]N([CH2-])CC(O)COCC(CC)(COCC(O)CN(CC(=O)[O-])CC(=O)[O-])COCC(O)CN(CC(=O)[O-])CC(=O)[O-].[Na+].[Na+].[Na+].[Na+].[Na+].[Na+]. The molecule has 23 heteroatoms. The van der Waals surface area contributed by atoms with Crippen LogP contribution in [0.4, 0.5) is 0 Å². The normalized spacial score (nSPS) is 13.5. The Morgan fingerprint density at radius 1 is 0.583 bits per heavy atom. The fourth-order valence-corrected chi connectivity index (χ4v) is 3.82. The van der Waals surface area contributed by atoms with Crippen LogP contribution in [-0.4, -0.2) is 158 Å². The zero-order valence-corrected chi connectivity index (χ0v) is 41.7. The molecule has 48 heavy (non-hydrogen) atoms. The van der Waals surface area contributed by atoms with Gasteiger partial charge in [-0.15, -0.1) is 0 Å². The molecule has 0 fully saturated rings. The van der Waals surface area contributed by atoms with Gasteiger partial charge in [0.1, 0.15) is 0 Å². The fraction of sp³-hybridized carbons (Fsp3) is 0.760.